The molecule has 0 spiro atoms. The summed E-state index contributed by atoms with van der Waals surface area (Å²) >= 11 is 6.39. The van der Waals surface area contributed by atoms with Gasteiger partial charge in [-0.3, -0.25) is 4.90 Å². The quantitative estimate of drug-likeness (QED) is 0.347. The number of ether oxygens (including phenoxy) is 2. The van der Waals surface area contributed by atoms with Crippen LogP contribution in [0.4, 0.5) is 23.4 Å². The molecule has 0 amide bonds. The zero-order valence-corrected chi connectivity index (χ0v) is 24.1. The Morgan fingerprint density at radius 2 is 1.93 bits per heavy atom. The maximum atomic E-state index is 16.0. The average Bonchev–Trinajstić information content (AvgIpc) is 3.63. The lowest BCUT2D eigenvalue weighted by atomic mass is 9.98. The van der Waals surface area contributed by atoms with Gasteiger partial charge in [-0.1, -0.05) is 11.6 Å². The molecule has 3 atom stereocenters. The number of benzene rings is 1. The standard InChI is InChI=1S/C22H20ClF3N4O3.C7H12FN/c1-9(19(25)26)30-5-6-33-21-15-18(28-22(32-2)29-20(15)30)16(24)17(27-21)12-7-11(31)8-13(23)14(12)10-3-4-10;8-6-4-7-2-1-3-9(7)5-6/h7-10,19,31H,3-6H2,1-2H3;6-7H,1-5H2. The second-order valence-corrected chi connectivity index (χ2v) is 11.6. The monoisotopic (exact) mass is 609 g/mol. The number of phenols is 1. The van der Waals surface area contributed by atoms with Crippen LogP contribution in [0.15, 0.2) is 12.1 Å². The molecule has 0 bridgehead atoms. The minimum atomic E-state index is -2.67. The van der Waals surface area contributed by atoms with Crippen LogP contribution in [-0.4, -0.2) is 83.0 Å². The topological polar surface area (TPSA) is 83.8 Å². The number of rotatable bonds is 5. The molecular formula is C29H32ClF4N5O3. The van der Waals surface area contributed by atoms with Gasteiger partial charge in [0.05, 0.1) is 19.7 Å². The lowest BCUT2D eigenvalue weighted by Gasteiger charge is -2.28. The van der Waals surface area contributed by atoms with E-state index in [9.17, 15) is 18.3 Å². The summed E-state index contributed by atoms with van der Waals surface area (Å²) in [4.78, 5) is 16.4. The number of halogens is 5. The number of nitrogens with zero attached hydrogens (tertiary/aromatic N) is 5. The number of aromatic nitrogens is 3. The molecule has 1 aromatic carbocycles. The Balaban J connectivity index is 0.000000296. The van der Waals surface area contributed by atoms with Crippen LogP contribution in [0.3, 0.4) is 0 Å². The summed E-state index contributed by atoms with van der Waals surface area (Å²) in [5.41, 5.74) is 0.754. The van der Waals surface area contributed by atoms with Gasteiger partial charge in [0.1, 0.15) is 40.9 Å². The van der Waals surface area contributed by atoms with Crippen molar-refractivity contribution >= 4 is 28.3 Å². The third kappa shape index (κ3) is 5.39. The molecule has 7 rings (SSSR count). The Morgan fingerprint density at radius 1 is 1.14 bits per heavy atom. The van der Waals surface area contributed by atoms with Crippen molar-refractivity contribution < 1.29 is 32.1 Å². The van der Waals surface area contributed by atoms with E-state index in [1.54, 1.807) is 0 Å². The van der Waals surface area contributed by atoms with Crippen molar-refractivity contribution in [2.24, 2.45) is 0 Å². The first-order chi connectivity index (χ1) is 20.2. The number of phenolic OH excluding ortho intramolecular Hbond substituents is 1. The van der Waals surface area contributed by atoms with Crippen LogP contribution in [0.5, 0.6) is 17.6 Å². The Kier molecular flexibility index (Phi) is 7.95. The van der Waals surface area contributed by atoms with Gasteiger partial charge in [0.2, 0.25) is 5.88 Å². The number of hydrogen-bond donors (Lipinski definition) is 1. The van der Waals surface area contributed by atoms with E-state index < -0.39 is 24.5 Å². The molecule has 5 heterocycles. The second kappa shape index (κ2) is 11.5. The summed E-state index contributed by atoms with van der Waals surface area (Å²) in [5, 5.41) is 10.6. The molecule has 42 heavy (non-hydrogen) atoms. The fourth-order valence-corrected chi connectivity index (χ4v) is 6.55. The molecule has 3 aromatic rings. The second-order valence-electron chi connectivity index (χ2n) is 11.2. The lowest BCUT2D eigenvalue weighted by Crippen LogP contribution is -2.40. The van der Waals surface area contributed by atoms with E-state index in [0.29, 0.717) is 28.7 Å². The molecule has 3 fully saturated rings. The Bertz CT molecular complexity index is 1480. The average molecular weight is 610 g/mol. The summed E-state index contributed by atoms with van der Waals surface area (Å²) in [7, 11) is 1.31. The van der Waals surface area contributed by atoms with E-state index in [1.165, 1.54) is 43.9 Å². The molecule has 1 aliphatic carbocycles. The molecule has 226 valence electrons. The normalized spacial score (nSPS) is 22.4. The van der Waals surface area contributed by atoms with Crippen LogP contribution < -0.4 is 14.4 Å². The van der Waals surface area contributed by atoms with Crippen molar-refractivity contribution in [1.82, 2.24) is 19.9 Å². The van der Waals surface area contributed by atoms with E-state index in [2.05, 4.69) is 19.9 Å². The van der Waals surface area contributed by atoms with Crippen LogP contribution in [0, 0.1) is 5.82 Å². The van der Waals surface area contributed by atoms with Crippen LogP contribution >= 0.6 is 11.6 Å². The first kappa shape index (κ1) is 29.0. The summed E-state index contributed by atoms with van der Waals surface area (Å²) in [5.74, 6) is -0.738. The summed E-state index contributed by atoms with van der Waals surface area (Å²) < 4.78 is 66.6. The minimum absolute atomic E-state index is 0.0178. The van der Waals surface area contributed by atoms with Crippen LogP contribution in [0.2, 0.25) is 5.02 Å². The summed E-state index contributed by atoms with van der Waals surface area (Å²) in [6.45, 7) is 3.32. The number of pyridine rings is 1. The van der Waals surface area contributed by atoms with E-state index in [-0.39, 0.29) is 59.1 Å². The minimum Gasteiger partial charge on any atom is -0.508 e. The van der Waals surface area contributed by atoms with Gasteiger partial charge in [-0.25, -0.2) is 22.5 Å². The van der Waals surface area contributed by atoms with Crippen molar-refractivity contribution in [3.63, 3.8) is 0 Å². The van der Waals surface area contributed by atoms with Crippen molar-refractivity contribution in [1.29, 1.82) is 0 Å². The number of aromatic hydroxyl groups is 1. The molecule has 8 nitrogen and oxygen atoms in total. The Hall–Kier alpha value is -3.12. The van der Waals surface area contributed by atoms with Crippen LogP contribution in [0.1, 0.15) is 50.5 Å². The molecule has 0 radical (unpaired) electrons. The highest BCUT2D eigenvalue weighted by Crippen LogP contribution is 2.50. The number of hydrogen-bond acceptors (Lipinski definition) is 8. The SMILES string of the molecule is COc1nc2c3c(nc(-c4cc(O)cc(Cl)c4C4CC4)c(F)c3n1)OCCN2C(C)C(F)F.FC1CC2CCCN2C1. The third-order valence-corrected chi connectivity index (χ3v) is 8.72. The van der Waals surface area contributed by atoms with E-state index >= 15 is 4.39 Å². The van der Waals surface area contributed by atoms with Gasteiger partial charge in [0, 0.05) is 23.2 Å². The fourth-order valence-electron chi connectivity index (χ4n) is 6.18. The number of methoxy groups -OCH3 is 1. The van der Waals surface area contributed by atoms with Gasteiger partial charge in [-0.15, -0.1) is 0 Å². The largest absolute Gasteiger partial charge is 0.508 e. The van der Waals surface area contributed by atoms with Crippen LogP contribution in [0.25, 0.3) is 22.2 Å². The first-order valence-electron chi connectivity index (χ1n) is 14.2. The predicted octanol–water partition coefficient (Wildman–Crippen LogP) is 6.12. The molecule has 2 aromatic heterocycles. The molecule has 4 aliphatic rings. The molecule has 3 unspecified atom stereocenters. The Labute approximate surface area is 245 Å². The number of anilines is 1. The lowest BCUT2D eigenvalue weighted by molar-refractivity contribution is 0.117. The highest BCUT2D eigenvalue weighted by molar-refractivity contribution is 6.32. The number of fused-ring (bicyclic) bond motifs is 1. The molecule has 1 saturated carbocycles. The number of alkyl halides is 3. The zero-order chi connectivity index (χ0) is 29.7. The fraction of sp³-hybridized carbons (Fsp3) is 0.552. The van der Waals surface area contributed by atoms with E-state index in [1.807, 2.05) is 0 Å². The molecule has 13 heteroatoms. The van der Waals surface area contributed by atoms with Crippen molar-refractivity contribution in [2.75, 3.05) is 38.3 Å². The van der Waals surface area contributed by atoms with Gasteiger partial charge in [-0.05, 0) is 69.2 Å². The van der Waals surface area contributed by atoms with Crippen molar-refractivity contribution in [3.8, 4) is 28.9 Å². The van der Waals surface area contributed by atoms with E-state index in [4.69, 9.17) is 21.1 Å². The summed E-state index contributed by atoms with van der Waals surface area (Å²) in [6.07, 6.45) is 1.91. The molecule has 3 aliphatic heterocycles. The Morgan fingerprint density at radius 3 is 2.62 bits per heavy atom. The predicted molar refractivity (Wildman–Crippen MR) is 150 cm³/mol. The first-order valence-corrected chi connectivity index (χ1v) is 14.6. The maximum absolute atomic E-state index is 16.0. The molecule has 1 N–H and O–H groups in total. The van der Waals surface area contributed by atoms with Crippen LogP contribution in [-0.2, 0) is 0 Å². The maximum Gasteiger partial charge on any atom is 0.318 e. The van der Waals surface area contributed by atoms with Crippen molar-refractivity contribution in [2.45, 2.75) is 69.6 Å². The summed E-state index contributed by atoms with van der Waals surface area (Å²) in [6, 6.07) is 2.04. The molecular weight excluding hydrogens is 578 g/mol. The van der Waals surface area contributed by atoms with E-state index in [0.717, 1.165) is 25.8 Å². The van der Waals surface area contributed by atoms with Gasteiger partial charge < -0.3 is 19.5 Å². The zero-order valence-electron chi connectivity index (χ0n) is 23.3. The van der Waals surface area contributed by atoms with Crippen molar-refractivity contribution in [3.05, 3.63) is 28.5 Å². The van der Waals surface area contributed by atoms with Gasteiger partial charge >= 0.3 is 6.01 Å². The highest BCUT2D eigenvalue weighted by Gasteiger charge is 2.36. The highest BCUT2D eigenvalue weighted by atomic mass is 35.5. The van der Waals surface area contributed by atoms with Gasteiger partial charge in [0.25, 0.3) is 6.43 Å². The van der Waals surface area contributed by atoms with Gasteiger partial charge in [-0.2, -0.15) is 9.97 Å². The smallest absolute Gasteiger partial charge is 0.318 e. The third-order valence-electron chi connectivity index (χ3n) is 8.41. The van der Waals surface area contributed by atoms with Gasteiger partial charge in [0.15, 0.2) is 5.82 Å². The molecule has 2 saturated heterocycles.